The lowest BCUT2D eigenvalue weighted by Crippen LogP contribution is -2.26. The van der Waals surface area contributed by atoms with Crippen LogP contribution >= 0.6 is 0 Å². The maximum absolute atomic E-state index is 10.4. The van der Waals surface area contributed by atoms with E-state index >= 15 is 0 Å². The lowest BCUT2D eigenvalue weighted by Gasteiger charge is -2.20. The molecule has 0 spiro atoms. The lowest BCUT2D eigenvalue weighted by atomic mass is 10.2. The van der Waals surface area contributed by atoms with Crippen LogP contribution in [-0.2, 0) is 4.79 Å². The minimum absolute atomic E-state index is 0.0167. The van der Waals surface area contributed by atoms with Crippen molar-refractivity contribution in [3.05, 3.63) is 18.2 Å². The van der Waals surface area contributed by atoms with E-state index in [1.54, 1.807) is 18.1 Å². The zero-order valence-corrected chi connectivity index (χ0v) is 8.34. The van der Waals surface area contributed by atoms with E-state index < -0.39 is 12.0 Å². The zero-order valence-electron chi connectivity index (χ0n) is 8.34. The van der Waals surface area contributed by atoms with Crippen LogP contribution in [0.5, 0.6) is 0 Å². The Bertz CT molecular complexity index is 355. The van der Waals surface area contributed by atoms with E-state index in [1.807, 2.05) is 0 Å². The topological polar surface area (TPSA) is 93.0 Å². The summed E-state index contributed by atoms with van der Waals surface area (Å²) < 4.78 is 0. The number of carbonyl (C=O) groups is 1. The summed E-state index contributed by atoms with van der Waals surface area (Å²) in [7, 11) is 1.71. The summed E-state index contributed by atoms with van der Waals surface area (Å²) in [4.78, 5) is 18.7. The van der Waals surface area contributed by atoms with Gasteiger partial charge in [-0.25, -0.2) is 4.98 Å². The molecule has 0 aliphatic rings. The third kappa shape index (κ3) is 3.07. The van der Waals surface area contributed by atoms with Crippen molar-refractivity contribution in [1.82, 2.24) is 14.9 Å². The molecule has 0 saturated carbocycles. The molecule has 0 aromatic carbocycles. The molecule has 6 heteroatoms. The van der Waals surface area contributed by atoms with Gasteiger partial charge in [-0.1, -0.05) is 0 Å². The van der Waals surface area contributed by atoms with Gasteiger partial charge in [0.1, 0.15) is 6.04 Å². The second-order valence-corrected chi connectivity index (χ2v) is 3.16. The molecule has 1 rings (SSSR count). The molecule has 0 radical (unpaired) electrons. The number of aromatic amines is 1. The fourth-order valence-electron chi connectivity index (χ4n) is 1.22. The Morgan fingerprint density at radius 1 is 1.87 bits per heavy atom. The number of nitrogens with zero attached hydrogens (tertiary/aromatic N) is 3. The molecular formula is C9H12N4O2. The van der Waals surface area contributed by atoms with E-state index in [4.69, 9.17) is 10.4 Å². The summed E-state index contributed by atoms with van der Waals surface area (Å²) in [5.74, 6) is -0.872. The number of imidazole rings is 1. The van der Waals surface area contributed by atoms with Crippen molar-refractivity contribution < 1.29 is 9.90 Å². The first kappa shape index (κ1) is 11.2. The van der Waals surface area contributed by atoms with Gasteiger partial charge >= 0.3 is 5.97 Å². The van der Waals surface area contributed by atoms with Gasteiger partial charge in [0.2, 0.25) is 0 Å². The molecule has 0 aliphatic carbocycles. The predicted molar refractivity (Wildman–Crippen MR) is 51.8 cm³/mol. The van der Waals surface area contributed by atoms with Crippen molar-refractivity contribution in [2.75, 3.05) is 13.6 Å². The first-order valence-corrected chi connectivity index (χ1v) is 4.45. The fraction of sp³-hybridized carbons (Fsp3) is 0.444. The van der Waals surface area contributed by atoms with Crippen LogP contribution in [0.4, 0.5) is 0 Å². The molecule has 1 heterocycles. The highest BCUT2D eigenvalue weighted by Gasteiger charge is 2.17. The Labute approximate surface area is 87.2 Å². The number of H-pyrrole nitrogens is 1. The Kier molecular flexibility index (Phi) is 3.83. The second kappa shape index (κ2) is 5.12. The minimum Gasteiger partial charge on any atom is -0.481 e. The monoisotopic (exact) mass is 208 g/mol. The van der Waals surface area contributed by atoms with Gasteiger partial charge in [0.05, 0.1) is 30.7 Å². The Hall–Kier alpha value is -1.87. The molecule has 0 saturated heterocycles. The molecule has 0 aliphatic heterocycles. The van der Waals surface area contributed by atoms with E-state index in [0.29, 0.717) is 12.2 Å². The molecule has 6 nitrogen and oxygen atoms in total. The van der Waals surface area contributed by atoms with Gasteiger partial charge in [-0.05, 0) is 7.05 Å². The zero-order chi connectivity index (χ0) is 11.3. The Morgan fingerprint density at radius 3 is 3.07 bits per heavy atom. The summed E-state index contributed by atoms with van der Waals surface area (Å²) in [5.41, 5.74) is 0.672. The van der Waals surface area contributed by atoms with Crippen molar-refractivity contribution in [1.29, 1.82) is 5.26 Å². The van der Waals surface area contributed by atoms with Crippen LogP contribution < -0.4 is 0 Å². The van der Waals surface area contributed by atoms with Crippen molar-refractivity contribution in [2.45, 2.75) is 12.5 Å². The highest BCUT2D eigenvalue weighted by atomic mass is 16.4. The molecule has 1 aromatic rings. The van der Waals surface area contributed by atoms with E-state index in [2.05, 4.69) is 16.0 Å². The quantitative estimate of drug-likeness (QED) is 0.729. The average molecular weight is 208 g/mol. The number of nitrogens with one attached hydrogen (secondary N) is 1. The first-order valence-electron chi connectivity index (χ1n) is 4.45. The van der Waals surface area contributed by atoms with Crippen LogP contribution in [0.1, 0.15) is 18.2 Å². The third-order valence-corrected chi connectivity index (χ3v) is 2.06. The molecule has 80 valence electrons. The molecule has 2 N–H and O–H groups in total. The maximum atomic E-state index is 10.4. The van der Waals surface area contributed by atoms with E-state index in [0.717, 1.165) is 0 Å². The smallest absolute Gasteiger partial charge is 0.304 e. The van der Waals surface area contributed by atoms with Crippen molar-refractivity contribution in [3.8, 4) is 6.07 Å². The number of aliphatic carboxylic acids is 1. The van der Waals surface area contributed by atoms with Crippen LogP contribution in [0.2, 0.25) is 0 Å². The van der Waals surface area contributed by atoms with Gasteiger partial charge in [-0.15, -0.1) is 0 Å². The molecule has 0 fully saturated rings. The number of hydrogen-bond acceptors (Lipinski definition) is 4. The summed E-state index contributed by atoms with van der Waals surface area (Å²) in [6.45, 7) is 0.326. The maximum Gasteiger partial charge on any atom is 0.304 e. The molecule has 0 amide bonds. The number of rotatable bonds is 5. The van der Waals surface area contributed by atoms with E-state index in [-0.39, 0.29) is 6.42 Å². The highest BCUT2D eigenvalue weighted by Crippen LogP contribution is 2.15. The second-order valence-electron chi connectivity index (χ2n) is 3.16. The molecule has 1 aromatic heterocycles. The van der Waals surface area contributed by atoms with Crippen LogP contribution in [0, 0.1) is 11.3 Å². The Morgan fingerprint density at radius 2 is 2.60 bits per heavy atom. The summed E-state index contributed by atoms with van der Waals surface area (Å²) in [5, 5.41) is 17.5. The fourth-order valence-corrected chi connectivity index (χ4v) is 1.22. The van der Waals surface area contributed by atoms with Crippen LogP contribution in [0.25, 0.3) is 0 Å². The minimum atomic E-state index is -0.872. The van der Waals surface area contributed by atoms with E-state index in [9.17, 15) is 4.79 Å². The molecular weight excluding hydrogens is 196 g/mol. The number of aromatic nitrogens is 2. The number of hydrogen-bond donors (Lipinski definition) is 2. The number of carboxylic acid groups (broad SMARTS) is 1. The van der Waals surface area contributed by atoms with Crippen molar-refractivity contribution >= 4 is 5.97 Å². The van der Waals surface area contributed by atoms with Gasteiger partial charge in [-0.2, -0.15) is 5.26 Å². The van der Waals surface area contributed by atoms with Crippen LogP contribution in [0.3, 0.4) is 0 Å². The SMILES string of the molecule is CN(CCC(=O)O)C(C#N)c1cnc[nH]1. The van der Waals surface area contributed by atoms with Crippen molar-refractivity contribution in [3.63, 3.8) is 0 Å². The first-order chi connectivity index (χ1) is 7.15. The van der Waals surface area contributed by atoms with Gasteiger partial charge < -0.3 is 10.1 Å². The van der Waals surface area contributed by atoms with Gasteiger partial charge in [0.25, 0.3) is 0 Å². The van der Waals surface area contributed by atoms with Crippen LogP contribution in [0.15, 0.2) is 12.5 Å². The van der Waals surface area contributed by atoms with Gasteiger partial charge in [0.15, 0.2) is 0 Å². The summed E-state index contributed by atoms with van der Waals surface area (Å²) in [6.07, 6.45) is 3.07. The van der Waals surface area contributed by atoms with Gasteiger partial charge in [0, 0.05) is 6.54 Å². The third-order valence-electron chi connectivity index (χ3n) is 2.06. The average Bonchev–Trinajstić information content (AvgIpc) is 2.69. The Balaban J connectivity index is 2.60. The molecule has 15 heavy (non-hydrogen) atoms. The van der Waals surface area contributed by atoms with E-state index in [1.165, 1.54) is 6.33 Å². The number of carboxylic acids is 1. The standard InChI is InChI=1S/C9H12N4O2/c1-13(3-2-9(14)15)8(4-10)7-5-11-6-12-7/h5-6,8H,2-3H2,1H3,(H,11,12)(H,14,15). The number of nitriles is 1. The van der Waals surface area contributed by atoms with Gasteiger partial charge in [-0.3, -0.25) is 9.69 Å². The summed E-state index contributed by atoms with van der Waals surface area (Å²) in [6, 6.07) is 1.61. The molecule has 1 unspecified atom stereocenters. The molecule has 1 atom stereocenters. The lowest BCUT2D eigenvalue weighted by molar-refractivity contribution is -0.137. The largest absolute Gasteiger partial charge is 0.481 e. The van der Waals surface area contributed by atoms with Crippen LogP contribution in [-0.4, -0.2) is 39.5 Å². The highest BCUT2D eigenvalue weighted by molar-refractivity contribution is 5.66. The summed E-state index contributed by atoms with van der Waals surface area (Å²) >= 11 is 0. The molecule has 0 bridgehead atoms. The van der Waals surface area contributed by atoms with Crippen molar-refractivity contribution in [2.24, 2.45) is 0 Å². The normalized spacial score (nSPS) is 12.3. The predicted octanol–water partition coefficient (Wildman–Crippen LogP) is 0.381.